The van der Waals surface area contributed by atoms with Gasteiger partial charge < -0.3 is 10.6 Å². The Morgan fingerprint density at radius 3 is 2.40 bits per heavy atom. The summed E-state index contributed by atoms with van der Waals surface area (Å²) >= 11 is 0. The predicted octanol–water partition coefficient (Wildman–Crippen LogP) is 0.594. The second kappa shape index (κ2) is 2.89. The van der Waals surface area contributed by atoms with Crippen LogP contribution in [0, 0.1) is 5.92 Å². The molecule has 2 N–H and O–H groups in total. The summed E-state index contributed by atoms with van der Waals surface area (Å²) in [6, 6.07) is 0. The first-order chi connectivity index (χ1) is 4.64. The highest BCUT2D eigenvalue weighted by molar-refractivity contribution is 4.85. The third-order valence-corrected chi connectivity index (χ3v) is 2.34. The molecule has 0 radical (unpaired) electrons. The lowest BCUT2D eigenvalue weighted by Crippen LogP contribution is -2.48. The lowest BCUT2D eigenvalue weighted by atomic mass is 9.87. The van der Waals surface area contributed by atoms with Crippen molar-refractivity contribution < 1.29 is 0 Å². The van der Waals surface area contributed by atoms with E-state index >= 15 is 0 Å². The quantitative estimate of drug-likeness (QED) is 0.603. The summed E-state index contributed by atoms with van der Waals surface area (Å²) < 4.78 is 0. The van der Waals surface area contributed by atoms with E-state index in [9.17, 15) is 0 Å². The molecule has 10 heavy (non-hydrogen) atoms. The first kappa shape index (κ1) is 8.02. The summed E-state index contributed by atoms with van der Waals surface area (Å²) in [5.74, 6) is 0.905. The van der Waals surface area contributed by atoms with Crippen molar-refractivity contribution in [1.29, 1.82) is 0 Å². The molecular formula is C8H18N2. The molecule has 0 aromatic carbocycles. The van der Waals surface area contributed by atoms with Crippen LogP contribution in [0.3, 0.4) is 0 Å². The Balaban J connectivity index is 2.21. The molecule has 1 heterocycles. The minimum absolute atomic E-state index is 0.326. The maximum Gasteiger partial charge on any atom is 0.0125 e. The predicted molar refractivity (Wildman–Crippen MR) is 44.1 cm³/mol. The zero-order chi connectivity index (χ0) is 7.61. The molecule has 0 bridgehead atoms. The van der Waals surface area contributed by atoms with E-state index < -0.39 is 0 Å². The zero-order valence-electron chi connectivity index (χ0n) is 7.20. The molecule has 0 aromatic heterocycles. The van der Waals surface area contributed by atoms with Gasteiger partial charge in [-0.25, -0.2) is 0 Å². The highest BCUT2D eigenvalue weighted by atomic mass is 15.0. The first-order valence-corrected chi connectivity index (χ1v) is 4.04. The Hall–Kier alpha value is -0.0800. The van der Waals surface area contributed by atoms with E-state index in [1.807, 2.05) is 7.05 Å². The average molecular weight is 142 g/mol. The molecule has 0 aromatic rings. The SMILES string of the molecule is CNC(C)(C)CC1CNC1. The van der Waals surface area contributed by atoms with E-state index in [2.05, 4.69) is 24.5 Å². The van der Waals surface area contributed by atoms with E-state index in [4.69, 9.17) is 0 Å². The van der Waals surface area contributed by atoms with Crippen molar-refractivity contribution in [2.45, 2.75) is 25.8 Å². The van der Waals surface area contributed by atoms with Crippen molar-refractivity contribution in [2.75, 3.05) is 20.1 Å². The van der Waals surface area contributed by atoms with Gasteiger partial charge in [0.25, 0.3) is 0 Å². The van der Waals surface area contributed by atoms with Crippen LogP contribution < -0.4 is 10.6 Å². The molecule has 60 valence electrons. The molecule has 0 unspecified atom stereocenters. The van der Waals surface area contributed by atoms with Crippen LogP contribution in [0.15, 0.2) is 0 Å². The monoisotopic (exact) mass is 142 g/mol. The zero-order valence-corrected chi connectivity index (χ0v) is 7.20. The molecule has 0 atom stereocenters. The fourth-order valence-corrected chi connectivity index (χ4v) is 1.32. The number of hydrogen-bond donors (Lipinski definition) is 2. The van der Waals surface area contributed by atoms with Crippen LogP contribution in [-0.4, -0.2) is 25.7 Å². The van der Waals surface area contributed by atoms with Crippen LogP contribution in [0.2, 0.25) is 0 Å². The maximum absolute atomic E-state index is 3.31. The van der Waals surface area contributed by atoms with Gasteiger partial charge in [-0.05, 0) is 46.3 Å². The summed E-state index contributed by atoms with van der Waals surface area (Å²) in [6.07, 6.45) is 1.29. The van der Waals surface area contributed by atoms with Gasteiger partial charge >= 0.3 is 0 Å². The molecule has 2 nitrogen and oxygen atoms in total. The smallest absolute Gasteiger partial charge is 0.0125 e. The van der Waals surface area contributed by atoms with Crippen LogP contribution in [0.25, 0.3) is 0 Å². The highest BCUT2D eigenvalue weighted by Crippen LogP contribution is 2.18. The second-order valence-corrected chi connectivity index (χ2v) is 3.86. The van der Waals surface area contributed by atoms with Gasteiger partial charge in [-0.2, -0.15) is 0 Å². The third-order valence-electron chi connectivity index (χ3n) is 2.34. The number of rotatable bonds is 3. The van der Waals surface area contributed by atoms with Crippen LogP contribution in [-0.2, 0) is 0 Å². The number of nitrogens with one attached hydrogen (secondary N) is 2. The molecule has 1 saturated heterocycles. The van der Waals surface area contributed by atoms with Gasteiger partial charge in [0.05, 0.1) is 0 Å². The highest BCUT2D eigenvalue weighted by Gasteiger charge is 2.25. The Labute approximate surface area is 63.4 Å². The molecule has 0 saturated carbocycles. The van der Waals surface area contributed by atoms with Gasteiger partial charge in [-0.3, -0.25) is 0 Å². The van der Waals surface area contributed by atoms with Gasteiger partial charge in [0.15, 0.2) is 0 Å². The number of hydrogen-bond acceptors (Lipinski definition) is 2. The van der Waals surface area contributed by atoms with Gasteiger partial charge in [-0.15, -0.1) is 0 Å². The van der Waals surface area contributed by atoms with Crippen LogP contribution in [0.5, 0.6) is 0 Å². The molecule has 2 heteroatoms. The Morgan fingerprint density at radius 1 is 1.50 bits per heavy atom. The lowest BCUT2D eigenvalue weighted by molar-refractivity contribution is 0.245. The molecule has 1 rings (SSSR count). The van der Waals surface area contributed by atoms with Crippen molar-refractivity contribution in [3.63, 3.8) is 0 Å². The van der Waals surface area contributed by atoms with Gasteiger partial charge in [0.2, 0.25) is 0 Å². The first-order valence-electron chi connectivity index (χ1n) is 4.04. The summed E-state index contributed by atoms with van der Waals surface area (Å²) in [4.78, 5) is 0. The Kier molecular flexibility index (Phi) is 2.32. The topological polar surface area (TPSA) is 24.1 Å². The van der Waals surface area contributed by atoms with Crippen molar-refractivity contribution in [3.05, 3.63) is 0 Å². The molecule has 1 aliphatic rings. The fourth-order valence-electron chi connectivity index (χ4n) is 1.32. The lowest BCUT2D eigenvalue weighted by Gasteiger charge is -2.34. The van der Waals surface area contributed by atoms with Crippen LogP contribution in [0.4, 0.5) is 0 Å². The fraction of sp³-hybridized carbons (Fsp3) is 1.00. The van der Waals surface area contributed by atoms with Crippen molar-refractivity contribution in [2.24, 2.45) is 5.92 Å². The van der Waals surface area contributed by atoms with Crippen molar-refractivity contribution in [1.82, 2.24) is 10.6 Å². The maximum atomic E-state index is 3.31. The van der Waals surface area contributed by atoms with E-state index in [0.717, 1.165) is 5.92 Å². The van der Waals surface area contributed by atoms with E-state index in [-0.39, 0.29) is 0 Å². The Bertz CT molecular complexity index is 106. The normalized spacial score (nSPS) is 20.7. The van der Waals surface area contributed by atoms with Gasteiger partial charge in [-0.1, -0.05) is 0 Å². The third kappa shape index (κ3) is 1.96. The molecule has 0 amide bonds. The van der Waals surface area contributed by atoms with Crippen LogP contribution >= 0.6 is 0 Å². The van der Waals surface area contributed by atoms with Crippen LogP contribution in [0.1, 0.15) is 20.3 Å². The largest absolute Gasteiger partial charge is 0.316 e. The standard InChI is InChI=1S/C8H18N2/c1-8(2,9-3)4-7-5-10-6-7/h7,9-10H,4-6H2,1-3H3. The molecule has 1 aliphatic heterocycles. The van der Waals surface area contributed by atoms with E-state index in [1.165, 1.54) is 19.5 Å². The summed E-state index contributed by atoms with van der Waals surface area (Å²) in [7, 11) is 2.03. The van der Waals surface area contributed by atoms with Gasteiger partial charge in [0, 0.05) is 5.54 Å². The minimum atomic E-state index is 0.326. The van der Waals surface area contributed by atoms with Crippen molar-refractivity contribution in [3.8, 4) is 0 Å². The summed E-state index contributed by atoms with van der Waals surface area (Å²) in [5, 5.41) is 6.59. The molecule has 1 fully saturated rings. The summed E-state index contributed by atoms with van der Waals surface area (Å²) in [5.41, 5.74) is 0.326. The second-order valence-electron chi connectivity index (χ2n) is 3.86. The average Bonchev–Trinajstić information content (AvgIpc) is 1.80. The minimum Gasteiger partial charge on any atom is -0.316 e. The molecule has 0 spiro atoms. The van der Waals surface area contributed by atoms with E-state index in [1.54, 1.807) is 0 Å². The summed E-state index contributed by atoms with van der Waals surface area (Å²) in [6.45, 7) is 6.94. The van der Waals surface area contributed by atoms with Gasteiger partial charge in [0.1, 0.15) is 0 Å². The molecule has 0 aliphatic carbocycles. The Morgan fingerprint density at radius 2 is 2.10 bits per heavy atom. The van der Waals surface area contributed by atoms with E-state index in [0.29, 0.717) is 5.54 Å². The molecular weight excluding hydrogens is 124 g/mol. The van der Waals surface area contributed by atoms with Crippen molar-refractivity contribution >= 4 is 0 Å².